The van der Waals surface area contributed by atoms with Crippen LogP contribution in [0, 0.1) is 22.7 Å². The van der Waals surface area contributed by atoms with E-state index in [2.05, 4.69) is 21.9 Å². The molecule has 0 fully saturated rings. The molecule has 0 bridgehead atoms. The summed E-state index contributed by atoms with van der Waals surface area (Å²) in [6.07, 6.45) is 3.74. The van der Waals surface area contributed by atoms with Crippen LogP contribution in [0.2, 0.25) is 0 Å². The molecule has 24 heavy (non-hydrogen) atoms. The molecule has 7 nitrogen and oxygen atoms in total. The van der Waals surface area contributed by atoms with Crippen molar-refractivity contribution in [1.29, 1.82) is 10.5 Å². The van der Waals surface area contributed by atoms with Gasteiger partial charge in [-0.3, -0.25) is 9.59 Å². The van der Waals surface area contributed by atoms with Crippen molar-refractivity contribution in [2.75, 3.05) is 5.32 Å². The number of carbonyl (C=O) groups is 2. The maximum absolute atomic E-state index is 12.1. The minimum Gasteiger partial charge on any atom is -0.316 e. The van der Waals surface area contributed by atoms with Crippen molar-refractivity contribution in [3.8, 4) is 12.1 Å². The van der Waals surface area contributed by atoms with E-state index in [-0.39, 0.29) is 18.7 Å². The predicted molar refractivity (Wildman–Crippen MR) is 90.4 cm³/mol. The molecular formula is C16H17N5O2S. The number of thiophene rings is 1. The van der Waals surface area contributed by atoms with Crippen molar-refractivity contribution < 1.29 is 9.59 Å². The lowest BCUT2D eigenvalue weighted by Gasteiger charge is -2.09. The first kappa shape index (κ1) is 17.6. The van der Waals surface area contributed by atoms with Gasteiger partial charge in [0.1, 0.15) is 17.5 Å². The van der Waals surface area contributed by atoms with Gasteiger partial charge in [0.25, 0.3) is 5.91 Å². The van der Waals surface area contributed by atoms with Gasteiger partial charge in [0.2, 0.25) is 5.91 Å². The topological polar surface area (TPSA) is 118 Å². The van der Waals surface area contributed by atoms with Crippen LogP contribution in [0.5, 0.6) is 0 Å². The molecule has 1 aromatic rings. The summed E-state index contributed by atoms with van der Waals surface area (Å²) >= 11 is 1.47. The molecule has 1 aromatic heterocycles. The fourth-order valence-corrected chi connectivity index (χ4v) is 3.74. The summed E-state index contributed by atoms with van der Waals surface area (Å²) in [6, 6.07) is 3.91. The molecule has 1 aliphatic carbocycles. The number of hydrazone groups is 1. The predicted octanol–water partition coefficient (Wildman–Crippen LogP) is 2.23. The number of hydrogen-bond acceptors (Lipinski definition) is 6. The standard InChI is InChI=1S/C16H17N5O2S/c1-10(20-21-14(22)6-7-17)8-15(23)19-16-12(9-18)11-4-2-3-5-13(11)24-16/h2-6,8H2,1H3,(H,19,23)(H,21,22)/b20-10+. The Balaban J connectivity index is 1.99. The van der Waals surface area contributed by atoms with E-state index in [1.165, 1.54) is 16.2 Å². The highest BCUT2D eigenvalue weighted by molar-refractivity contribution is 7.16. The molecule has 0 aliphatic heterocycles. The fourth-order valence-electron chi connectivity index (χ4n) is 2.48. The van der Waals surface area contributed by atoms with Crippen LogP contribution in [0.15, 0.2) is 5.10 Å². The van der Waals surface area contributed by atoms with Crippen LogP contribution in [0.1, 0.15) is 48.6 Å². The number of carbonyl (C=O) groups excluding carboxylic acids is 2. The van der Waals surface area contributed by atoms with E-state index in [1.54, 1.807) is 13.0 Å². The van der Waals surface area contributed by atoms with Gasteiger partial charge < -0.3 is 5.32 Å². The molecule has 124 valence electrons. The molecule has 1 aliphatic rings. The first-order valence-corrected chi connectivity index (χ1v) is 8.40. The Morgan fingerprint density at radius 1 is 1.25 bits per heavy atom. The van der Waals surface area contributed by atoms with Crippen molar-refractivity contribution in [2.24, 2.45) is 5.10 Å². The Bertz CT molecular complexity index is 767. The van der Waals surface area contributed by atoms with Gasteiger partial charge in [0.15, 0.2) is 0 Å². The van der Waals surface area contributed by atoms with E-state index in [0.717, 1.165) is 31.2 Å². The lowest BCUT2D eigenvalue weighted by molar-refractivity contribution is -0.120. The molecule has 0 saturated carbocycles. The zero-order valence-corrected chi connectivity index (χ0v) is 14.1. The van der Waals surface area contributed by atoms with E-state index in [0.29, 0.717) is 16.3 Å². The first-order valence-electron chi connectivity index (χ1n) is 7.58. The summed E-state index contributed by atoms with van der Waals surface area (Å²) in [4.78, 5) is 24.4. The summed E-state index contributed by atoms with van der Waals surface area (Å²) in [6.45, 7) is 1.61. The fraction of sp³-hybridized carbons (Fsp3) is 0.438. The van der Waals surface area contributed by atoms with Crippen molar-refractivity contribution in [3.05, 3.63) is 16.0 Å². The summed E-state index contributed by atoms with van der Waals surface area (Å²) < 4.78 is 0. The first-order chi connectivity index (χ1) is 11.5. The van der Waals surface area contributed by atoms with Crippen LogP contribution in [0.4, 0.5) is 5.00 Å². The minimum atomic E-state index is -0.519. The molecule has 2 amide bonds. The number of anilines is 1. The van der Waals surface area contributed by atoms with Crippen LogP contribution < -0.4 is 10.7 Å². The van der Waals surface area contributed by atoms with Gasteiger partial charge in [-0.15, -0.1) is 11.3 Å². The highest BCUT2D eigenvalue weighted by Gasteiger charge is 2.21. The van der Waals surface area contributed by atoms with Crippen LogP contribution in [0.25, 0.3) is 0 Å². The van der Waals surface area contributed by atoms with Gasteiger partial charge >= 0.3 is 0 Å². The van der Waals surface area contributed by atoms with E-state index >= 15 is 0 Å². The zero-order chi connectivity index (χ0) is 17.5. The Labute approximate surface area is 144 Å². The number of amides is 2. The highest BCUT2D eigenvalue weighted by Crippen LogP contribution is 2.37. The van der Waals surface area contributed by atoms with E-state index in [9.17, 15) is 14.9 Å². The average Bonchev–Trinajstić information content (AvgIpc) is 2.90. The number of rotatable bonds is 5. The Morgan fingerprint density at radius 3 is 2.71 bits per heavy atom. The van der Waals surface area contributed by atoms with Gasteiger partial charge in [-0.25, -0.2) is 5.43 Å². The third-order valence-electron chi connectivity index (χ3n) is 3.56. The molecule has 0 radical (unpaired) electrons. The molecule has 8 heteroatoms. The molecule has 0 saturated heterocycles. The molecule has 0 spiro atoms. The number of hydrogen-bond donors (Lipinski definition) is 2. The summed E-state index contributed by atoms with van der Waals surface area (Å²) in [7, 11) is 0. The van der Waals surface area contributed by atoms with Crippen molar-refractivity contribution in [3.63, 3.8) is 0 Å². The maximum atomic E-state index is 12.1. The lowest BCUT2D eigenvalue weighted by atomic mass is 9.96. The maximum Gasteiger partial charge on any atom is 0.254 e. The molecule has 2 N–H and O–H groups in total. The van der Waals surface area contributed by atoms with Gasteiger partial charge in [-0.1, -0.05) is 0 Å². The number of fused-ring (bicyclic) bond motifs is 1. The van der Waals surface area contributed by atoms with Crippen LogP contribution >= 0.6 is 11.3 Å². The van der Waals surface area contributed by atoms with E-state index in [4.69, 9.17) is 5.26 Å². The Kier molecular flexibility index (Phi) is 6.05. The third kappa shape index (κ3) is 4.40. The second-order valence-electron chi connectivity index (χ2n) is 5.47. The smallest absolute Gasteiger partial charge is 0.254 e. The molecule has 0 atom stereocenters. The summed E-state index contributed by atoms with van der Waals surface area (Å²) in [5, 5.41) is 24.9. The second-order valence-corrected chi connectivity index (χ2v) is 6.57. The molecule has 1 heterocycles. The second kappa shape index (κ2) is 8.23. The van der Waals surface area contributed by atoms with Gasteiger partial charge in [0.05, 0.1) is 18.1 Å². The van der Waals surface area contributed by atoms with Crippen LogP contribution in [-0.4, -0.2) is 17.5 Å². The molecule has 0 unspecified atom stereocenters. The third-order valence-corrected chi connectivity index (χ3v) is 4.77. The van der Waals surface area contributed by atoms with E-state index < -0.39 is 5.91 Å². The van der Waals surface area contributed by atoms with Crippen LogP contribution in [0.3, 0.4) is 0 Å². The zero-order valence-electron chi connectivity index (χ0n) is 13.3. The number of nitrogens with one attached hydrogen (secondary N) is 2. The monoisotopic (exact) mass is 343 g/mol. The SMILES string of the molecule is C/C(CC(=O)Nc1sc2c(c1C#N)CCCC2)=N\NC(=O)CC#N. The largest absolute Gasteiger partial charge is 0.316 e. The molecule has 0 aromatic carbocycles. The lowest BCUT2D eigenvalue weighted by Crippen LogP contribution is -2.20. The number of nitriles is 2. The Hall–Kier alpha value is -2.71. The normalized spacial score (nSPS) is 13.4. The van der Waals surface area contributed by atoms with Gasteiger partial charge in [-0.05, 0) is 38.2 Å². The highest BCUT2D eigenvalue weighted by atomic mass is 32.1. The van der Waals surface area contributed by atoms with Crippen molar-refractivity contribution in [1.82, 2.24) is 5.43 Å². The van der Waals surface area contributed by atoms with E-state index in [1.807, 2.05) is 0 Å². The minimum absolute atomic E-state index is 0.000267. The quantitative estimate of drug-likeness (QED) is 0.629. The summed E-state index contributed by atoms with van der Waals surface area (Å²) in [5.41, 5.74) is 4.26. The summed E-state index contributed by atoms with van der Waals surface area (Å²) in [5.74, 6) is -0.809. The van der Waals surface area contributed by atoms with Crippen LogP contribution in [-0.2, 0) is 22.4 Å². The van der Waals surface area contributed by atoms with Crippen molar-refractivity contribution >= 4 is 33.9 Å². The van der Waals surface area contributed by atoms with Gasteiger partial charge in [-0.2, -0.15) is 15.6 Å². The van der Waals surface area contributed by atoms with Gasteiger partial charge in [0, 0.05) is 10.6 Å². The Morgan fingerprint density at radius 2 is 2.00 bits per heavy atom. The van der Waals surface area contributed by atoms with Crippen molar-refractivity contribution in [2.45, 2.75) is 45.4 Å². The average molecular weight is 343 g/mol. The molecular weight excluding hydrogens is 326 g/mol. The number of nitrogens with zero attached hydrogens (tertiary/aromatic N) is 3. The number of aryl methyl sites for hydroxylation is 1. The molecule has 2 rings (SSSR count).